The zero-order chi connectivity index (χ0) is 19.1. The van der Waals surface area contributed by atoms with E-state index in [-0.39, 0.29) is 35.8 Å². The maximum absolute atomic E-state index is 14.0. The molecule has 0 aromatic carbocycles. The average Bonchev–Trinajstić information content (AvgIpc) is 3.15. The Hall–Kier alpha value is -2.17. The highest BCUT2D eigenvalue weighted by molar-refractivity contribution is 14.0. The van der Waals surface area contributed by atoms with Crippen LogP contribution in [0.2, 0.25) is 0 Å². The standard InChI is InChI=1S/C19H25FN6O.HI/c1-3-21-19(24-12-14-6-4-10-23-18(14)27-2)25-15-8-11-26(13-15)17-16(20)7-5-9-22-17;/h4-7,9-10,15H,3,8,11-13H2,1-2H3,(H2,21,24,25);1H. The number of methoxy groups -OCH3 is 1. The third kappa shape index (κ3) is 5.66. The van der Waals surface area contributed by atoms with Crippen molar-refractivity contribution < 1.29 is 9.13 Å². The molecular weight excluding hydrogens is 474 g/mol. The Morgan fingerprint density at radius 2 is 2.11 bits per heavy atom. The van der Waals surface area contributed by atoms with Crippen molar-refractivity contribution in [3.63, 3.8) is 0 Å². The van der Waals surface area contributed by atoms with Crippen LogP contribution in [0.25, 0.3) is 0 Å². The van der Waals surface area contributed by atoms with Gasteiger partial charge in [-0.05, 0) is 31.5 Å². The average molecular weight is 500 g/mol. The quantitative estimate of drug-likeness (QED) is 0.361. The Morgan fingerprint density at radius 3 is 2.86 bits per heavy atom. The molecule has 7 nitrogen and oxygen atoms in total. The number of aliphatic imine (C=N–C) groups is 1. The Kier molecular flexibility index (Phi) is 8.68. The van der Waals surface area contributed by atoms with Crippen LogP contribution in [0, 0.1) is 5.82 Å². The van der Waals surface area contributed by atoms with Crippen molar-refractivity contribution in [1.82, 2.24) is 20.6 Å². The van der Waals surface area contributed by atoms with Gasteiger partial charge in [-0.1, -0.05) is 6.07 Å². The minimum Gasteiger partial charge on any atom is -0.481 e. The molecule has 9 heteroatoms. The smallest absolute Gasteiger partial charge is 0.218 e. The number of pyridine rings is 2. The fourth-order valence-corrected chi connectivity index (χ4v) is 3.09. The van der Waals surface area contributed by atoms with E-state index in [2.05, 4.69) is 25.6 Å². The number of ether oxygens (including phenoxy) is 1. The van der Waals surface area contributed by atoms with Gasteiger partial charge in [-0.25, -0.2) is 19.4 Å². The largest absolute Gasteiger partial charge is 0.481 e. The van der Waals surface area contributed by atoms with Gasteiger partial charge in [0.15, 0.2) is 17.6 Å². The lowest BCUT2D eigenvalue weighted by molar-refractivity contribution is 0.392. The van der Waals surface area contributed by atoms with Gasteiger partial charge in [-0.2, -0.15) is 0 Å². The van der Waals surface area contributed by atoms with Crippen molar-refractivity contribution in [3.8, 4) is 5.88 Å². The van der Waals surface area contributed by atoms with E-state index in [1.807, 2.05) is 24.0 Å². The van der Waals surface area contributed by atoms with Gasteiger partial charge in [0.25, 0.3) is 0 Å². The molecule has 3 rings (SSSR count). The summed E-state index contributed by atoms with van der Waals surface area (Å²) in [6.45, 7) is 4.65. The van der Waals surface area contributed by atoms with Crippen molar-refractivity contribution in [2.75, 3.05) is 31.6 Å². The zero-order valence-corrected chi connectivity index (χ0v) is 18.4. The molecule has 0 aliphatic carbocycles. The van der Waals surface area contributed by atoms with Gasteiger partial charge in [0.1, 0.15) is 0 Å². The van der Waals surface area contributed by atoms with Crippen molar-refractivity contribution in [1.29, 1.82) is 0 Å². The highest BCUT2D eigenvalue weighted by Gasteiger charge is 2.25. The van der Waals surface area contributed by atoms with Crippen LogP contribution in [0.15, 0.2) is 41.7 Å². The molecule has 1 aliphatic heterocycles. The van der Waals surface area contributed by atoms with E-state index in [4.69, 9.17) is 4.74 Å². The first-order valence-electron chi connectivity index (χ1n) is 9.09. The molecule has 152 valence electrons. The molecule has 3 heterocycles. The fraction of sp³-hybridized carbons (Fsp3) is 0.421. The molecule has 1 fully saturated rings. The fourth-order valence-electron chi connectivity index (χ4n) is 3.09. The maximum atomic E-state index is 14.0. The lowest BCUT2D eigenvalue weighted by atomic mass is 10.2. The third-order valence-corrected chi connectivity index (χ3v) is 4.36. The van der Waals surface area contributed by atoms with Crippen LogP contribution in [0.5, 0.6) is 5.88 Å². The second kappa shape index (κ2) is 11.0. The second-order valence-electron chi connectivity index (χ2n) is 6.25. The number of aromatic nitrogens is 2. The van der Waals surface area contributed by atoms with Crippen LogP contribution in [-0.4, -0.2) is 48.7 Å². The molecular formula is C19H26FIN6O. The molecule has 1 aliphatic rings. The van der Waals surface area contributed by atoms with Gasteiger partial charge in [-0.3, -0.25) is 0 Å². The summed E-state index contributed by atoms with van der Waals surface area (Å²) in [5, 5.41) is 6.68. The Morgan fingerprint density at radius 1 is 1.32 bits per heavy atom. The summed E-state index contributed by atoms with van der Waals surface area (Å²) in [5.41, 5.74) is 0.917. The summed E-state index contributed by atoms with van der Waals surface area (Å²) in [4.78, 5) is 15.0. The van der Waals surface area contributed by atoms with Crippen LogP contribution in [0.3, 0.4) is 0 Å². The highest BCUT2D eigenvalue weighted by Crippen LogP contribution is 2.21. The molecule has 1 unspecified atom stereocenters. The predicted molar refractivity (Wildman–Crippen MR) is 119 cm³/mol. The van der Waals surface area contributed by atoms with Gasteiger partial charge in [0, 0.05) is 43.6 Å². The third-order valence-electron chi connectivity index (χ3n) is 4.36. The van der Waals surface area contributed by atoms with Crippen LogP contribution in [-0.2, 0) is 6.54 Å². The number of guanidine groups is 1. The monoisotopic (exact) mass is 500 g/mol. The summed E-state index contributed by atoms with van der Waals surface area (Å²) in [5.74, 6) is 1.41. The van der Waals surface area contributed by atoms with E-state index in [9.17, 15) is 4.39 Å². The number of nitrogens with zero attached hydrogens (tertiary/aromatic N) is 4. The molecule has 0 saturated carbocycles. The van der Waals surface area contributed by atoms with Crippen LogP contribution in [0.4, 0.5) is 10.2 Å². The van der Waals surface area contributed by atoms with E-state index in [1.165, 1.54) is 6.07 Å². The number of hydrogen-bond donors (Lipinski definition) is 2. The van der Waals surface area contributed by atoms with Gasteiger partial charge in [0.05, 0.1) is 13.7 Å². The molecule has 2 aromatic rings. The topological polar surface area (TPSA) is 74.7 Å². The van der Waals surface area contributed by atoms with Gasteiger partial charge >= 0.3 is 0 Å². The van der Waals surface area contributed by atoms with E-state index in [0.29, 0.717) is 24.8 Å². The van der Waals surface area contributed by atoms with Crippen molar-refractivity contribution in [3.05, 3.63) is 48.0 Å². The van der Waals surface area contributed by atoms with E-state index in [1.54, 1.807) is 25.6 Å². The van der Waals surface area contributed by atoms with Gasteiger partial charge in [-0.15, -0.1) is 24.0 Å². The Labute approximate surface area is 181 Å². The first kappa shape index (κ1) is 22.1. The van der Waals surface area contributed by atoms with Crippen molar-refractivity contribution >= 4 is 35.8 Å². The van der Waals surface area contributed by atoms with E-state index in [0.717, 1.165) is 31.0 Å². The molecule has 0 radical (unpaired) electrons. The van der Waals surface area contributed by atoms with Crippen molar-refractivity contribution in [2.24, 2.45) is 4.99 Å². The van der Waals surface area contributed by atoms with E-state index < -0.39 is 0 Å². The Balaban J connectivity index is 0.00000280. The SMILES string of the molecule is CCNC(=NCc1cccnc1OC)NC1CCN(c2ncccc2F)C1.I. The summed E-state index contributed by atoms with van der Waals surface area (Å²) >= 11 is 0. The molecule has 28 heavy (non-hydrogen) atoms. The molecule has 2 N–H and O–H groups in total. The Bertz CT molecular complexity index is 791. The molecule has 1 saturated heterocycles. The zero-order valence-electron chi connectivity index (χ0n) is 16.1. The summed E-state index contributed by atoms with van der Waals surface area (Å²) in [6, 6.07) is 7.02. The molecule has 2 aromatic heterocycles. The highest BCUT2D eigenvalue weighted by atomic mass is 127. The summed E-state index contributed by atoms with van der Waals surface area (Å²) in [7, 11) is 1.60. The predicted octanol–water partition coefficient (Wildman–Crippen LogP) is 2.58. The lowest BCUT2D eigenvalue weighted by Crippen LogP contribution is -2.44. The van der Waals surface area contributed by atoms with Gasteiger partial charge in [0.2, 0.25) is 5.88 Å². The molecule has 0 bridgehead atoms. The minimum absolute atomic E-state index is 0. The molecule has 0 spiro atoms. The van der Waals surface area contributed by atoms with Gasteiger partial charge < -0.3 is 20.3 Å². The summed E-state index contributed by atoms with van der Waals surface area (Å²) < 4.78 is 19.2. The number of rotatable bonds is 6. The minimum atomic E-state index is -0.289. The van der Waals surface area contributed by atoms with Crippen LogP contribution >= 0.6 is 24.0 Å². The second-order valence-corrected chi connectivity index (χ2v) is 6.25. The van der Waals surface area contributed by atoms with Crippen molar-refractivity contribution in [2.45, 2.75) is 25.9 Å². The van der Waals surface area contributed by atoms with Crippen LogP contribution in [0.1, 0.15) is 18.9 Å². The number of halogens is 2. The first-order chi connectivity index (χ1) is 13.2. The first-order valence-corrected chi connectivity index (χ1v) is 9.09. The number of hydrogen-bond acceptors (Lipinski definition) is 5. The molecule has 1 atom stereocenters. The maximum Gasteiger partial charge on any atom is 0.218 e. The van der Waals surface area contributed by atoms with Crippen LogP contribution < -0.4 is 20.3 Å². The number of nitrogens with one attached hydrogen (secondary N) is 2. The lowest BCUT2D eigenvalue weighted by Gasteiger charge is -2.20. The summed E-state index contributed by atoms with van der Waals surface area (Å²) in [6.07, 6.45) is 4.20. The van der Waals surface area contributed by atoms with E-state index >= 15 is 0 Å². The molecule has 0 amide bonds. The number of anilines is 1. The normalized spacial score (nSPS) is 16.5.